The topological polar surface area (TPSA) is 45.7 Å². The molecule has 2 N–H and O–H groups in total. The number of aliphatic imine (C=N–C) groups is 1. The van der Waals surface area contributed by atoms with Crippen molar-refractivity contribution < 1.29 is 9.13 Å². The smallest absolute Gasteiger partial charge is 0.191 e. The average molecular weight is 323 g/mol. The first-order chi connectivity index (χ1) is 11.1. The first kappa shape index (κ1) is 19.4. The van der Waals surface area contributed by atoms with Crippen molar-refractivity contribution in [1.29, 1.82) is 0 Å². The van der Waals surface area contributed by atoms with Gasteiger partial charge in [0.25, 0.3) is 0 Å². The Balaban J connectivity index is 2.24. The molecule has 0 amide bonds. The minimum absolute atomic E-state index is 0.198. The molecule has 23 heavy (non-hydrogen) atoms. The second-order valence-corrected chi connectivity index (χ2v) is 5.89. The second-order valence-electron chi connectivity index (χ2n) is 5.89. The predicted octanol–water partition coefficient (Wildman–Crippen LogP) is 2.99. The molecule has 4 nitrogen and oxygen atoms in total. The van der Waals surface area contributed by atoms with Gasteiger partial charge in [0.1, 0.15) is 5.82 Å². The first-order valence-corrected chi connectivity index (χ1v) is 8.46. The van der Waals surface area contributed by atoms with Gasteiger partial charge in [-0.2, -0.15) is 0 Å². The van der Waals surface area contributed by atoms with Crippen molar-refractivity contribution >= 4 is 5.96 Å². The summed E-state index contributed by atoms with van der Waals surface area (Å²) in [4.78, 5) is 4.53. The fraction of sp³-hybridized carbons (Fsp3) is 0.611. The van der Waals surface area contributed by atoms with Gasteiger partial charge < -0.3 is 15.4 Å². The summed E-state index contributed by atoms with van der Waals surface area (Å²) in [5.41, 5.74) is 1.11. The van der Waals surface area contributed by atoms with E-state index >= 15 is 0 Å². The minimum Gasteiger partial charge on any atom is -0.381 e. The number of ether oxygens (including phenoxy) is 1. The van der Waals surface area contributed by atoms with Crippen LogP contribution in [0.15, 0.2) is 29.3 Å². The van der Waals surface area contributed by atoms with Crippen molar-refractivity contribution in [2.24, 2.45) is 10.9 Å². The van der Waals surface area contributed by atoms with E-state index in [4.69, 9.17) is 4.74 Å². The van der Waals surface area contributed by atoms with E-state index < -0.39 is 0 Å². The standard InChI is InChI=1S/C18H30FN3O/c1-4-20-18(21-11-5-13-23-14-15(2)3)22-12-10-16-6-8-17(19)9-7-16/h6-9,15H,4-5,10-14H2,1-3H3,(H2,20,21,22). The molecule has 0 aliphatic heterocycles. The van der Waals surface area contributed by atoms with E-state index in [1.807, 2.05) is 19.1 Å². The van der Waals surface area contributed by atoms with Crippen LogP contribution in [-0.2, 0) is 11.2 Å². The van der Waals surface area contributed by atoms with Crippen LogP contribution in [-0.4, -0.2) is 38.8 Å². The average Bonchev–Trinajstić information content (AvgIpc) is 2.52. The molecule has 0 saturated carbocycles. The number of halogens is 1. The van der Waals surface area contributed by atoms with Gasteiger partial charge in [-0.05, 0) is 43.4 Å². The minimum atomic E-state index is -0.198. The second kappa shape index (κ2) is 11.9. The molecular weight excluding hydrogens is 293 g/mol. The SMILES string of the molecule is CCNC(=NCCCOCC(C)C)NCCc1ccc(F)cc1. The normalized spacial score (nSPS) is 11.8. The molecular formula is C18H30FN3O. The van der Waals surface area contributed by atoms with Crippen molar-refractivity contribution in [2.75, 3.05) is 32.8 Å². The maximum atomic E-state index is 12.9. The molecule has 0 atom stereocenters. The number of benzene rings is 1. The third-order valence-corrected chi connectivity index (χ3v) is 3.13. The van der Waals surface area contributed by atoms with E-state index in [-0.39, 0.29) is 5.82 Å². The van der Waals surface area contributed by atoms with Crippen molar-refractivity contribution in [3.8, 4) is 0 Å². The number of hydrogen-bond acceptors (Lipinski definition) is 2. The molecule has 0 radical (unpaired) electrons. The molecule has 0 saturated heterocycles. The van der Waals surface area contributed by atoms with Gasteiger partial charge in [0.05, 0.1) is 0 Å². The van der Waals surface area contributed by atoms with Crippen LogP contribution >= 0.6 is 0 Å². The third kappa shape index (κ3) is 9.89. The molecule has 0 spiro atoms. The van der Waals surface area contributed by atoms with Crippen LogP contribution in [0.3, 0.4) is 0 Å². The van der Waals surface area contributed by atoms with Crippen molar-refractivity contribution in [1.82, 2.24) is 10.6 Å². The van der Waals surface area contributed by atoms with Gasteiger partial charge >= 0.3 is 0 Å². The Morgan fingerprint density at radius 2 is 1.96 bits per heavy atom. The van der Waals surface area contributed by atoms with Gasteiger partial charge in [-0.25, -0.2) is 4.39 Å². The molecule has 0 aromatic heterocycles. The largest absolute Gasteiger partial charge is 0.381 e. The molecule has 0 aliphatic rings. The molecule has 1 aromatic carbocycles. The first-order valence-electron chi connectivity index (χ1n) is 8.46. The molecule has 1 aromatic rings. The lowest BCUT2D eigenvalue weighted by Gasteiger charge is -2.11. The van der Waals surface area contributed by atoms with E-state index in [0.29, 0.717) is 5.92 Å². The molecule has 0 fully saturated rings. The van der Waals surface area contributed by atoms with Crippen LogP contribution in [0.5, 0.6) is 0 Å². The molecule has 0 heterocycles. The summed E-state index contributed by atoms with van der Waals surface area (Å²) < 4.78 is 18.4. The van der Waals surface area contributed by atoms with Crippen molar-refractivity contribution in [2.45, 2.75) is 33.6 Å². The number of nitrogens with zero attached hydrogens (tertiary/aromatic N) is 1. The van der Waals surface area contributed by atoms with Crippen LogP contribution in [0.4, 0.5) is 4.39 Å². The Morgan fingerprint density at radius 3 is 2.61 bits per heavy atom. The van der Waals surface area contributed by atoms with E-state index in [1.54, 1.807) is 0 Å². The molecule has 0 bridgehead atoms. The van der Waals surface area contributed by atoms with E-state index in [0.717, 1.165) is 57.2 Å². The highest BCUT2D eigenvalue weighted by atomic mass is 19.1. The summed E-state index contributed by atoms with van der Waals surface area (Å²) >= 11 is 0. The maximum Gasteiger partial charge on any atom is 0.191 e. The summed E-state index contributed by atoms with van der Waals surface area (Å²) in [5.74, 6) is 1.19. The van der Waals surface area contributed by atoms with Gasteiger partial charge in [-0.1, -0.05) is 26.0 Å². The van der Waals surface area contributed by atoms with Crippen LogP contribution in [0.1, 0.15) is 32.8 Å². The van der Waals surface area contributed by atoms with Gasteiger partial charge in [0.15, 0.2) is 5.96 Å². The molecule has 130 valence electrons. The predicted molar refractivity (Wildman–Crippen MR) is 94.4 cm³/mol. The van der Waals surface area contributed by atoms with Gasteiger partial charge in [0.2, 0.25) is 0 Å². The third-order valence-electron chi connectivity index (χ3n) is 3.13. The van der Waals surface area contributed by atoms with Crippen molar-refractivity contribution in [3.63, 3.8) is 0 Å². The Bertz CT molecular complexity index is 446. The fourth-order valence-electron chi connectivity index (χ4n) is 1.99. The Labute approximate surface area is 139 Å². The molecule has 5 heteroatoms. The zero-order chi connectivity index (χ0) is 16.9. The lowest BCUT2D eigenvalue weighted by Crippen LogP contribution is -2.38. The molecule has 0 unspecified atom stereocenters. The van der Waals surface area contributed by atoms with Crippen LogP contribution < -0.4 is 10.6 Å². The Kier molecular flexibility index (Phi) is 10.0. The highest BCUT2D eigenvalue weighted by Gasteiger charge is 1.99. The zero-order valence-electron chi connectivity index (χ0n) is 14.6. The van der Waals surface area contributed by atoms with Gasteiger partial charge in [0, 0.05) is 32.8 Å². The van der Waals surface area contributed by atoms with Crippen LogP contribution in [0, 0.1) is 11.7 Å². The highest BCUT2D eigenvalue weighted by molar-refractivity contribution is 5.79. The number of rotatable bonds is 10. The fourth-order valence-corrected chi connectivity index (χ4v) is 1.99. The highest BCUT2D eigenvalue weighted by Crippen LogP contribution is 2.02. The lowest BCUT2D eigenvalue weighted by molar-refractivity contribution is 0.109. The van der Waals surface area contributed by atoms with Crippen LogP contribution in [0.2, 0.25) is 0 Å². The maximum absolute atomic E-state index is 12.9. The van der Waals surface area contributed by atoms with E-state index in [1.165, 1.54) is 12.1 Å². The summed E-state index contributed by atoms with van der Waals surface area (Å²) in [7, 11) is 0. The summed E-state index contributed by atoms with van der Waals surface area (Å²) in [6, 6.07) is 6.61. The number of hydrogen-bond donors (Lipinski definition) is 2. The van der Waals surface area contributed by atoms with E-state index in [9.17, 15) is 4.39 Å². The van der Waals surface area contributed by atoms with Crippen molar-refractivity contribution in [3.05, 3.63) is 35.6 Å². The van der Waals surface area contributed by atoms with Crippen LogP contribution in [0.25, 0.3) is 0 Å². The number of nitrogens with one attached hydrogen (secondary N) is 2. The number of guanidine groups is 1. The van der Waals surface area contributed by atoms with E-state index in [2.05, 4.69) is 29.5 Å². The molecule has 1 rings (SSSR count). The van der Waals surface area contributed by atoms with Gasteiger partial charge in [-0.15, -0.1) is 0 Å². The quantitative estimate of drug-likeness (QED) is 0.395. The summed E-state index contributed by atoms with van der Waals surface area (Å²) in [5, 5.41) is 6.52. The molecule has 0 aliphatic carbocycles. The Hall–Kier alpha value is -1.62. The van der Waals surface area contributed by atoms with Gasteiger partial charge in [-0.3, -0.25) is 4.99 Å². The Morgan fingerprint density at radius 1 is 1.22 bits per heavy atom. The zero-order valence-corrected chi connectivity index (χ0v) is 14.6. The summed E-state index contributed by atoms with van der Waals surface area (Å²) in [6.07, 6.45) is 1.75. The lowest BCUT2D eigenvalue weighted by atomic mass is 10.1. The summed E-state index contributed by atoms with van der Waals surface area (Å²) in [6.45, 7) is 10.2. The monoisotopic (exact) mass is 323 g/mol.